The van der Waals surface area contributed by atoms with Gasteiger partial charge in [-0.2, -0.15) is 0 Å². The van der Waals surface area contributed by atoms with Crippen molar-refractivity contribution in [2.45, 2.75) is 25.4 Å². The summed E-state index contributed by atoms with van der Waals surface area (Å²) in [7, 11) is 0. The number of hydrogen-bond donors (Lipinski definition) is 1. The quantitative estimate of drug-likeness (QED) is 0.894. The molecule has 110 valence electrons. The largest absolute Gasteiger partial charge is 0.333 e. The van der Waals surface area contributed by atoms with E-state index in [2.05, 4.69) is 26.2 Å². The highest BCUT2D eigenvalue weighted by atomic mass is 79.9. The Balaban J connectivity index is 1.65. The van der Waals surface area contributed by atoms with Crippen LogP contribution in [0.4, 0.5) is 4.79 Å². The number of nitrogens with zero attached hydrogens (tertiary/aromatic N) is 2. The molecule has 3 rings (SSSR count). The standard InChI is InChI=1S/C15H16BrN3OS/c16-12-5-9-21-14(12)10-18-15(20)19-8-1-2-13(19)11-3-6-17-7-4-11/h3-7,9,13H,1-2,8,10H2,(H,18,20)/t13-/m1/s1. The molecule has 21 heavy (non-hydrogen) atoms. The molecule has 1 saturated heterocycles. The number of urea groups is 1. The molecule has 0 unspecified atom stereocenters. The Morgan fingerprint density at radius 2 is 2.24 bits per heavy atom. The maximum Gasteiger partial charge on any atom is 0.318 e. The minimum atomic E-state index is 0.00890. The Kier molecular flexibility index (Phi) is 4.55. The van der Waals surface area contributed by atoms with Crippen molar-refractivity contribution in [1.29, 1.82) is 0 Å². The van der Waals surface area contributed by atoms with Gasteiger partial charge >= 0.3 is 6.03 Å². The third-order valence-electron chi connectivity index (χ3n) is 3.70. The Labute approximate surface area is 136 Å². The molecule has 2 aromatic heterocycles. The summed E-state index contributed by atoms with van der Waals surface area (Å²) in [5.41, 5.74) is 1.16. The van der Waals surface area contributed by atoms with Crippen molar-refractivity contribution in [3.8, 4) is 0 Å². The molecule has 0 saturated carbocycles. The Hall–Kier alpha value is -1.40. The van der Waals surface area contributed by atoms with Gasteiger partial charge in [0.15, 0.2) is 0 Å². The second-order valence-electron chi connectivity index (χ2n) is 4.98. The second kappa shape index (κ2) is 6.58. The molecule has 0 aliphatic carbocycles. The molecule has 2 aromatic rings. The Morgan fingerprint density at radius 1 is 1.43 bits per heavy atom. The maximum absolute atomic E-state index is 12.4. The number of halogens is 1. The SMILES string of the molecule is O=C(NCc1sccc1Br)N1CCC[C@@H]1c1ccncc1. The topological polar surface area (TPSA) is 45.2 Å². The number of amides is 2. The third-order valence-corrected chi connectivity index (χ3v) is 5.62. The number of likely N-dealkylation sites (tertiary alicyclic amines) is 1. The van der Waals surface area contributed by atoms with Crippen molar-refractivity contribution in [1.82, 2.24) is 15.2 Å². The zero-order valence-corrected chi connectivity index (χ0v) is 13.9. The van der Waals surface area contributed by atoms with Crippen LogP contribution in [-0.4, -0.2) is 22.5 Å². The van der Waals surface area contributed by atoms with E-state index in [9.17, 15) is 4.79 Å². The van der Waals surface area contributed by atoms with Crippen molar-refractivity contribution < 1.29 is 4.79 Å². The highest BCUT2D eigenvalue weighted by molar-refractivity contribution is 9.10. The first kappa shape index (κ1) is 14.5. The molecule has 3 heterocycles. The molecule has 1 fully saturated rings. The number of rotatable bonds is 3. The van der Waals surface area contributed by atoms with Gasteiger partial charge in [0.05, 0.1) is 12.6 Å². The lowest BCUT2D eigenvalue weighted by molar-refractivity contribution is 0.192. The van der Waals surface area contributed by atoms with Gasteiger partial charge in [-0.25, -0.2) is 4.79 Å². The van der Waals surface area contributed by atoms with E-state index < -0.39 is 0 Å². The first-order valence-electron chi connectivity index (χ1n) is 6.92. The minimum absolute atomic E-state index is 0.00890. The lowest BCUT2D eigenvalue weighted by atomic mass is 10.1. The fourth-order valence-electron chi connectivity index (χ4n) is 2.65. The van der Waals surface area contributed by atoms with Gasteiger partial charge in [-0.15, -0.1) is 11.3 Å². The van der Waals surface area contributed by atoms with Gasteiger partial charge in [0.1, 0.15) is 0 Å². The summed E-state index contributed by atoms with van der Waals surface area (Å²) in [6.45, 7) is 1.38. The van der Waals surface area contributed by atoms with Gasteiger partial charge < -0.3 is 10.2 Å². The lowest BCUT2D eigenvalue weighted by Crippen LogP contribution is -2.39. The van der Waals surface area contributed by atoms with Crippen molar-refractivity contribution in [2.24, 2.45) is 0 Å². The summed E-state index contributed by atoms with van der Waals surface area (Å²) in [4.78, 5) is 19.5. The fraction of sp³-hybridized carbons (Fsp3) is 0.333. The normalized spacial score (nSPS) is 18.0. The average molecular weight is 366 g/mol. The molecule has 0 spiro atoms. The number of aromatic nitrogens is 1. The van der Waals surface area contributed by atoms with Crippen LogP contribution in [0.1, 0.15) is 29.3 Å². The van der Waals surface area contributed by atoms with Gasteiger partial charge in [0.25, 0.3) is 0 Å². The first-order chi connectivity index (χ1) is 10.3. The van der Waals surface area contributed by atoms with E-state index in [1.165, 1.54) is 0 Å². The molecule has 2 amide bonds. The minimum Gasteiger partial charge on any atom is -0.333 e. The molecule has 4 nitrogen and oxygen atoms in total. The number of carbonyl (C=O) groups is 1. The van der Waals surface area contributed by atoms with E-state index in [0.29, 0.717) is 6.54 Å². The van der Waals surface area contributed by atoms with Crippen LogP contribution in [0.3, 0.4) is 0 Å². The van der Waals surface area contributed by atoms with Gasteiger partial charge in [-0.05, 0) is 57.9 Å². The number of carbonyl (C=O) groups excluding carboxylic acids is 1. The summed E-state index contributed by atoms with van der Waals surface area (Å²) in [5.74, 6) is 0. The lowest BCUT2D eigenvalue weighted by Gasteiger charge is -2.25. The maximum atomic E-state index is 12.4. The molecular weight excluding hydrogens is 350 g/mol. The van der Waals surface area contributed by atoms with Crippen LogP contribution in [0.15, 0.2) is 40.4 Å². The highest BCUT2D eigenvalue weighted by Crippen LogP contribution is 2.31. The van der Waals surface area contributed by atoms with Gasteiger partial charge in [0.2, 0.25) is 0 Å². The van der Waals surface area contributed by atoms with Crippen molar-refractivity contribution in [3.63, 3.8) is 0 Å². The fourth-order valence-corrected chi connectivity index (χ4v) is 4.08. The zero-order valence-electron chi connectivity index (χ0n) is 11.5. The number of hydrogen-bond acceptors (Lipinski definition) is 3. The van der Waals surface area contributed by atoms with E-state index in [1.54, 1.807) is 23.7 Å². The molecular formula is C15H16BrN3OS. The van der Waals surface area contributed by atoms with Gasteiger partial charge in [-0.3, -0.25) is 4.98 Å². The van der Waals surface area contributed by atoms with Crippen LogP contribution >= 0.6 is 27.3 Å². The Bertz CT molecular complexity index is 616. The monoisotopic (exact) mass is 365 g/mol. The van der Waals surface area contributed by atoms with E-state index >= 15 is 0 Å². The number of pyridine rings is 1. The molecule has 6 heteroatoms. The number of nitrogens with one attached hydrogen (secondary N) is 1. The number of thiophene rings is 1. The average Bonchev–Trinajstić information content (AvgIpc) is 3.15. The molecule has 1 aliphatic rings. The van der Waals surface area contributed by atoms with Crippen LogP contribution in [0.2, 0.25) is 0 Å². The van der Waals surface area contributed by atoms with E-state index in [1.807, 2.05) is 28.5 Å². The van der Waals surface area contributed by atoms with Crippen molar-refractivity contribution in [2.75, 3.05) is 6.54 Å². The molecule has 0 aromatic carbocycles. The smallest absolute Gasteiger partial charge is 0.318 e. The van der Waals surface area contributed by atoms with E-state index in [4.69, 9.17) is 0 Å². The summed E-state index contributed by atoms with van der Waals surface area (Å²) in [6, 6.07) is 6.16. The molecule has 1 aliphatic heterocycles. The summed E-state index contributed by atoms with van der Waals surface area (Å²) in [6.07, 6.45) is 5.63. The van der Waals surface area contributed by atoms with Crippen LogP contribution in [0.5, 0.6) is 0 Å². The van der Waals surface area contributed by atoms with Crippen LogP contribution < -0.4 is 5.32 Å². The van der Waals surface area contributed by atoms with Crippen LogP contribution in [0.25, 0.3) is 0 Å². The predicted octanol–water partition coefficient (Wildman–Crippen LogP) is 3.95. The summed E-state index contributed by atoms with van der Waals surface area (Å²) >= 11 is 5.13. The second-order valence-corrected chi connectivity index (χ2v) is 6.84. The van der Waals surface area contributed by atoms with Gasteiger partial charge in [0, 0.05) is 28.3 Å². The van der Waals surface area contributed by atoms with Crippen LogP contribution in [-0.2, 0) is 6.54 Å². The predicted molar refractivity (Wildman–Crippen MR) is 87.2 cm³/mol. The van der Waals surface area contributed by atoms with E-state index in [-0.39, 0.29) is 12.1 Å². The molecule has 1 N–H and O–H groups in total. The molecule has 0 bridgehead atoms. The first-order valence-corrected chi connectivity index (χ1v) is 8.59. The summed E-state index contributed by atoms with van der Waals surface area (Å²) in [5, 5.41) is 5.03. The van der Waals surface area contributed by atoms with Crippen molar-refractivity contribution >= 4 is 33.3 Å². The third kappa shape index (κ3) is 3.27. The van der Waals surface area contributed by atoms with Crippen LogP contribution in [0, 0.1) is 0 Å². The Morgan fingerprint density at radius 3 is 2.95 bits per heavy atom. The highest BCUT2D eigenvalue weighted by Gasteiger charge is 2.29. The summed E-state index contributed by atoms with van der Waals surface area (Å²) < 4.78 is 1.06. The zero-order chi connectivity index (χ0) is 14.7. The van der Waals surface area contributed by atoms with Crippen molar-refractivity contribution in [3.05, 3.63) is 50.9 Å². The van der Waals surface area contributed by atoms with E-state index in [0.717, 1.165) is 34.3 Å². The molecule has 1 atom stereocenters. The van der Waals surface area contributed by atoms with Gasteiger partial charge in [-0.1, -0.05) is 0 Å². The molecule has 0 radical (unpaired) electrons.